The van der Waals surface area contributed by atoms with Crippen molar-refractivity contribution in [2.75, 3.05) is 5.32 Å². The smallest absolute Gasteiger partial charge is 0.271 e. The maximum absolute atomic E-state index is 12.3. The highest BCUT2D eigenvalue weighted by molar-refractivity contribution is 6.04. The highest BCUT2D eigenvalue weighted by Gasteiger charge is 2.11. The van der Waals surface area contributed by atoms with E-state index in [0.717, 1.165) is 0 Å². The standard InChI is InChI=1S/C14H10N6O3/c21-14(18-11-2-1-3-12(7-11)20(22)23)10-4-5-16-13(6-10)19-9-15-8-17-19/h1-9H,(H,18,21). The highest BCUT2D eigenvalue weighted by Crippen LogP contribution is 2.18. The van der Waals surface area contributed by atoms with Crippen LogP contribution in [0.3, 0.4) is 0 Å². The number of carbonyl (C=O) groups excluding carboxylic acids is 1. The topological polar surface area (TPSA) is 116 Å². The summed E-state index contributed by atoms with van der Waals surface area (Å²) in [6.07, 6.45) is 4.29. The van der Waals surface area contributed by atoms with Gasteiger partial charge in [0.2, 0.25) is 0 Å². The van der Waals surface area contributed by atoms with Crippen LogP contribution >= 0.6 is 0 Å². The number of nitro benzene ring substituents is 1. The molecule has 0 saturated carbocycles. The van der Waals surface area contributed by atoms with Crippen LogP contribution in [0.15, 0.2) is 55.2 Å². The Morgan fingerprint density at radius 1 is 1.26 bits per heavy atom. The summed E-state index contributed by atoms with van der Waals surface area (Å²) in [6, 6.07) is 8.79. The molecule has 0 unspecified atom stereocenters. The second-order valence-corrected chi connectivity index (χ2v) is 4.50. The van der Waals surface area contributed by atoms with E-state index in [2.05, 4.69) is 20.4 Å². The van der Waals surface area contributed by atoms with Crippen molar-refractivity contribution in [3.8, 4) is 5.82 Å². The first-order chi connectivity index (χ1) is 11.1. The summed E-state index contributed by atoms with van der Waals surface area (Å²) in [6.45, 7) is 0. The Bertz CT molecular complexity index is 862. The number of amides is 1. The van der Waals surface area contributed by atoms with E-state index in [1.54, 1.807) is 12.1 Å². The Hall–Kier alpha value is -3.62. The van der Waals surface area contributed by atoms with Gasteiger partial charge in [0.1, 0.15) is 12.7 Å². The number of nitrogens with one attached hydrogen (secondary N) is 1. The van der Waals surface area contributed by atoms with E-state index in [0.29, 0.717) is 17.1 Å². The van der Waals surface area contributed by atoms with Crippen molar-refractivity contribution in [3.63, 3.8) is 0 Å². The molecule has 0 fully saturated rings. The summed E-state index contributed by atoms with van der Waals surface area (Å²) < 4.78 is 1.42. The van der Waals surface area contributed by atoms with Crippen molar-refractivity contribution >= 4 is 17.3 Å². The number of anilines is 1. The molecular weight excluding hydrogens is 300 g/mol. The average molecular weight is 310 g/mol. The van der Waals surface area contributed by atoms with Crippen LogP contribution in [-0.4, -0.2) is 30.6 Å². The van der Waals surface area contributed by atoms with Gasteiger partial charge in [0.05, 0.1) is 4.92 Å². The lowest BCUT2D eigenvalue weighted by Gasteiger charge is -2.06. The highest BCUT2D eigenvalue weighted by atomic mass is 16.6. The van der Waals surface area contributed by atoms with Crippen LogP contribution < -0.4 is 5.32 Å². The molecule has 2 aromatic heterocycles. The zero-order valence-corrected chi connectivity index (χ0v) is 11.7. The number of carbonyl (C=O) groups is 1. The fourth-order valence-electron chi connectivity index (χ4n) is 1.91. The molecule has 1 N–H and O–H groups in total. The van der Waals surface area contributed by atoms with Crippen LogP contribution in [0.5, 0.6) is 0 Å². The van der Waals surface area contributed by atoms with Gasteiger partial charge in [-0.2, -0.15) is 5.10 Å². The van der Waals surface area contributed by atoms with E-state index in [9.17, 15) is 14.9 Å². The molecule has 23 heavy (non-hydrogen) atoms. The van der Waals surface area contributed by atoms with Crippen molar-refractivity contribution in [2.24, 2.45) is 0 Å². The van der Waals surface area contributed by atoms with E-state index in [1.807, 2.05) is 0 Å². The van der Waals surface area contributed by atoms with Gasteiger partial charge in [-0.05, 0) is 18.2 Å². The van der Waals surface area contributed by atoms with E-state index in [-0.39, 0.29) is 5.69 Å². The second kappa shape index (κ2) is 6.02. The zero-order chi connectivity index (χ0) is 16.2. The molecule has 3 aromatic rings. The Labute approximate surface area is 129 Å². The van der Waals surface area contributed by atoms with E-state index < -0.39 is 10.8 Å². The molecule has 0 atom stereocenters. The van der Waals surface area contributed by atoms with Crippen LogP contribution in [0.4, 0.5) is 11.4 Å². The molecule has 0 radical (unpaired) electrons. The van der Waals surface area contributed by atoms with Crippen LogP contribution in [0.25, 0.3) is 5.82 Å². The number of non-ortho nitro benzene ring substituents is 1. The number of nitro groups is 1. The van der Waals surface area contributed by atoms with Gasteiger partial charge in [0, 0.05) is 29.6 Å². The molecule has 0 saturated heterocycles. The van der Waals surface area contributed by atoms with E-state index >= 15 is 0 Å². The minimum Gasteiger partial charge on any atom is -0.322 e. The Morgan fingerprint density at radius 2 is 2.13 bits per heavy atom. The molecule has 1 amide bonds. The molecule has 0 aliphatic heterocycles. The maximum atomic E-state index is 12.3. The molecule has 2 heterocycles. The van der Waals surface area contributed by atoms with Crippen molar-refractivity contribution in [2.45, 2.75) is 0 Å². The predicted molar refractivity (Wildman–Crippen MR) is 80.2 cm³/mol. The van der Waals surface area contributed by atoms with Gasteiger partial charge >= 0.3 is 0 Å². The minimum absolute atomic E-state index is 0.0965. The molecule has 114 valence electrons. The SMILES string of the molecule is O=C(Nc1cccc([N+](=O)[O-])c1)c1ccnc(-n2cncn2)c1. The minimum atomic E-state index is -0.523. The molecule has 1 aromatic carbocycles. The molecule has 3 rings (SSSR count). The molecule has 0 bridgehead atoms. The fourth-order valence-corrected chi connectivity index (χ4v) is 1.91. The van der Waals surface area contributed by atoms with E-state index in [1.165, 1.54) is 47.8 Å². The van der Waals surface area contributed by atoms with Crippen molar-refractivity contribution in [1.29, 1.82) is 0 Å². The predicted octanol–water partition coefficient (Wildman–Crippen LogP) is 1.82. The Morgan fingerprint density at radius 3 is 2.87 bits per heavy atom. The number of pyridine rings is 1. The maximum Gasteiger partial charge on any atom is 0.271 e. The van der Waals surface area contributed by atoms with Crippen LogP contribution in [0.2, 0.25) is 0 Å². The Kier molecular flexibility index (Phi) is 3.75. The summed E-state index contributed by atoms with van der Waals surface area (Å²) in [5, 5.41) is 17.3. The number of benzene rings is 1. The van der Waals surface area contributed by atoms with Gasteiger partial charge in [-0.3, -0.25) is 14.9 Å². The summed E-state index contributed by atoms with van der Waals surface area (Å²) in [5.74, 6) is 0.0310. The summed E-state index contributed by atoms with van der Waals surface area (Å²) in [5.41, 5.74) is 0.584. The third kappa shape index (κ3) is 3.18. The van der Waals surface area contributed by atoms with Crippen LogP contribution in [0.1, 0.15) is 10.4 Å². The normalized spacial score (nSPS) is 10.3. The number of nitrogens with zero attached hydrogens (tertiary/aromatic N) is 5. The van der Waals surface area contributed by atoms with Gasteiger partial charge in [0.15, 0.2) is 5.82 Å². The average Bonchev–Trinajstić information content (AvgIpc) is 3.10. The lowest BCUT2D eigenvalue weighted by molar-refractivity contribution is -0.384. The van der Waals surface area contributed by atoms with Gasteiger partial charge in [-0.1, -0.05) is 6.07 Å². The van der Waals surface area contributed by atoms with Crippen molar-refractivity contribution < 1.29 is 9.72 Å². The lowest BCUT2D eigenvalue weighted by atomic mass is 10.2. The quantitative estimate of drug-likeness (QED) is 0.580. The number of aromatic nitrogens is 4. The van der Waals surface area contributed by atoms with Gasteiger partial charge in [-0.25, -0.2) is 14.6 Å². The van der Waals surface area contributed by atoms with Gasteiger partial charge in [-0.15, -0.1) is 0 Å². The van der Waals surface area contributed by atoms with Gasteiger partial charge < -0.3 is 5.32 Å². The molecule has 9 nitrogen and oxygen atoms in total. The first-order valence-electron chi connectivity index (χ1n) is 6.50. The second-order valence-electron chi connectivity index (χ2n) is 4.50. The molecular formula is C14H10N6O3. The summed E-state index contributed by atoms with van der Waals surface area (Å²) in [7, 11) is 0. The van der Waals surface area contributed by atoms with Gasteiger partial charge in [0.25, 0.3) is 11.6 Å². The number of hydrogen-bond donors (Lipinski definition) is 1. The monoisotopic (exact) mass is 310 g/mol. The van der Waals surface area contributed by atoms with Crippen molar-refractivity contribution in [1.82, 2.24) is 19.7 Å². The van der Waals surface area contributed by atoms with E-state index in [4.69, 9.17) is 0 Å². The first-order valence-corrected chi connectivity index (χ1v) is 6.50. The summed E-state index contributed by atoms with van der Waals surface area (Å²) in [4.78, 5) is 30.4. The van der Waals surface area contributed by atoms with Crippen molar-refractivity contribution in [3.05, 3.63) is 70.9 Å². The number of rotatable bonds is 4. The largest absolute Gasteiger partial charge is 0.322 e. The fraction of sp³-hybridized carbons (Fsp3) is 0. The Balaban J connectivity index is 1.82. The molecule has 9 heteroatoms. The first kappa shape index (κ1) is 14.3. The summed E-state index contributed by atoms with van der Waals surface area (Å²) >= 11 is 0. The third-order valence-corrected chi connectivity index (χ3v) is 2.98. The third-order valence-electron chi connectivity index (χ3n) is 2.98. The molecule has 0 aliphatic carbocycles. The molecule has 0 spiro atoms. The molecule has 0 aliphatic rings. The zero-order valence-electron chi connectivity index (χ0n) is 11.7. The van der Waals surface area contributed by atoms with Crippen LogP contribution in [-0.2, 0) is 0 Å². The number of hydrogen-bond acceptors (Lipinski definition) is 6. The lowest BCUT2D eigenvalue weighted by Crippen LogP contribution is -2.13. The van der Waals surface area contributed by atoms with Crippen LogP contribution in [0, 0.1) is 10.1 Å².